The van der Waals surface area contributed by atoms with Crippen LogP contribution in [0.3, 0.4) is 0 Å². The largest absolute Gasteiger partial charge is 1.00 e. The molecule has 0 fully saturated rings. The zero-order chi connectivity index (χ0) is 5.86. The van der Waals surface area contributed by atoms with Crippen molar-refractivity contribution in [3.63, 3.8) is 0 Å². The molecule has 3 N–H and O–H groups in total. The third kappa shape index (κ3) is 10.5. The molecule has 0 aliphatic carbocycles. The minimum absolute atomic E-state index is 0. The van der Waals surface area contributed by atoms with Crippen molar-refractivity contribution in [3.8, 4) is 0 Å². The molecule has 8 heavy (non-hydrogen) atoms. The number of aliphatic hydroxyl groups excluding tert-OH is 2. The summed E-state index contributed by atoms with van der Waals surface area (Å²) in [6.45, 7) is 3.10. The van der Waals surface area contributed by atoms with Crippen molar-refractivity contribution in [2.45, 2.75) is 26.3 Å². The van der Waals surface area contributed by atoms with Crippen LogP contribution in [0.1, 0.15) is 15.3 Å². The van der Waals surface area contributed by atoms with Crippen LogP contribution in [0, 0.1) is 0 Å². The van der Waals surface area contributed by atoms with Gasteiger partial charge in [0.2, 0.25) is 0 Å². The molecule has 0 spiro atoms. The second kappa shape index (κ2) is 6.63. The van der Waals surface area contributed by atoms with Crippen molar-refractivity contribution < 1.29 is 63.0 Å². The van der Waals surface area contributed by atoms with Crippen LogP contribution in [-0.2, 0) is 0 Å². The van der Waals surface area contributed by atoms with Gasteiger partial charge < -0.3 is 11.6 Å². The SMILES string of the molecule is CC(O)NC(C)O.[H-].[K+]. The van der Waals surface area contributed by atoms with Crippen LogP contribution >= 0.6 is 0 Å². The van der Waals surface area contributed by atoms with Gasteiger partial charge in [-0.3, -0.25) is 5.32 Å². The van der Waals surface area contributed by atoms with Crippen LogP contribution in [0.4, 0.5) is 0 Å². The summed E-state index contributed by atoms with van der Waals surface area (Å²) >= 11 is 0. The standard InChI is InChI=1S/C4H11NO2.K.H/c1-3(6)5-4(2)7;;/h3-7H,1-2H3;;/q;+1;-1. The second-order valence-electron chi connectivity index (χ2n) is 1.52. The monoisotopic (exact) mass is 145 g/mol. The smallest absolute Gasteiger partial charge is 1.00 e. The van der Waals surface area contributed by atoms with E-state index in [4.69, 9.17) is 10.2 Å². The Hall–Kier alpha value is 1.52. The van der Waals surface area contributed by atoms with Gasteiger partial charge >= 0.3 is 51.4 Å². The average Bonchev–Trinajstić information content (AvgIpc) is 1.27. The van der Waals surface area contributed by atoms with E-state index in [1.54, 1.807) is 13.8 Å². The van der Waals surface area contributed by atoms with E-state index in [9.17, 15) is 0 Å². The zero-order valence-corrected chi connectivity index (χ0v) is 8.67. The predicted molar refractivity (Wildman–Crippen MR) is 27.6 cm³/mol. The van der Waals surface area contributed by atoms with Crippen LogP contribution in [0.5, 0.6) is 0 Å². The number of hydrogen-bond donors (Lipinski definition) is 3. The van der Waals surface area contributed by atoms with E-state index in [2.05, 4.69) is 5.32 Å². The maximum atomic E-state index is 8.45. The molecule has 0 amide bonds. The Morgan fingerprint density at radius 2 is 1.50 bits per heavy atom. The van der Waals surface area contributed by atoms with Gasteiger partial charge in [0.15, 0.2) is 0 Å². The number of rotatable bonds is 2. The van der Waals surface area contributed by atoms with Gasteiger partial charge in [-0.2, -0.15) is 0 Å². The van der Waals surface area contributed by atoms with Crippen LogP contribution in [0.15, 0.2) is 0 Å². The van der Waals surface area contributed by atoms with Gasteiger partial charge in [-0.25, -0.2) is 0 Å². The molecule has 0 heterocycles. The Balaban J connectivity index is -0.000000180. The summed E-state index contributed by atoms with van der Waals surface area (Å²) in [5.41, 5.74) is 0. The molecule has 0 aromatic heterocycles. The summed E-state index contributed by atoms with van der Waals surface area (Å²) in [5, 5.41) is 19.3. The third-order valence-electron chi connectivity index (χ3n) is 0.482. The van der Waals surface area contributed by atoms with E-state index >= 15 is 0 Å². The molecule has 2 atom stereocenters. The molecule has 0 saturated carbocycles. The molecular formula is C4H12KNO2. The third-order valence-corrected chi connectivity index (χ3v) is 0.482. The second-order valence-corrected chi connectivity index (χ2v) is 1.52. The van der Waals surface area contributed by atoms with Crippen molar-refractivity contribution in [2.75, 3.05) is 0 Å². The van der Waals surface area contributed by atoms with Crippen LogP contribution in [0.25, 0.3) is 0 Å². The molecule has 0 bridgehead atoms. The number of hydrogen-bond acceptors (Lipinski definition) is 3. The van der Waals surface area contributed by atoms with Gasteiger partial charge in [0, 0.05) is 0 Å². The quantitative estimate of drug-likeness (QED) is 0.278. The predicted octanol–water partition coefficient (Wildman–Crippen LogP) is -3.63. The first-order valence-corrected chi connectivity index (χ1v) is 2.25. The van der Waals surface area contributed by atoms with E-state index in [1.807, 2.05) is 0 Å². The normalized spacial score (nSPS) is 16.5. The first kappa shape index (κ1) is 12.2. The maximum Gasteiger partial charge on any atom is 1.00 e. The van der Waals surface area contributed by atoms with Gasteiger partial charge in [-0.05, 0) is 13.8 Å². The Bertz CT molecular complexity index is 47.8. The van der Waals surface area contributed by atoms with Crippen LogP contribution < -0.4 is 56.7 Å². The van der Waals surface area contributed by atoms with E-state index in [-0.39, 0.29) is 52.8 Å². The summed E-state index contributed by atoms with van der Waals surface area (Å²) in [6, 6.07) is 0. The molecular weight excluding hydrogens is 133 g/mol. The van der Waals surface area contributed by atoms with Gasteiger partial charge in [-0.15, -0.1) is 0 Å². The fraction of sp³-hybridized carbons (Fsp3) is 1.00. The van der Waals surface area contributed by atoms with Crippen molar-refractivity contribution in [3.05, 3.63) is 0 Å². The van der Waals surface area contributed by atoms with Crippen molar-refractivity contribution in [1.29, 1.82) is 0 Å². The topological polar surface area (TPSA) is 52.5 Å². The zero-order valence-electron chi connectivity index (χ0n) is 6.55. The molecule has 0 rings (SSSR count). The van der Waals surface area contributed by atoms with Gasteiger partial charge in [0.1, 0.15) is 12.5 Å². The van der Waals surface area contributed by atoms with Crippen molar-refractivity contribution >= 4 is 0 Å². The number of aliphatic hydroxyl groups is 2. The molecule has 4 heteroatoms. The summed E-state index contributed by atoms with van der Waals surface area (Å²) in [7, 11) is 0. The summed E-state index contributed by atoms with van der Waals surface area (Å²) in [4.78, 5) is 0. The molecule has 0 aromatic rings. The van der Waals surface area contributed by atoms with E-state index in [0.29, 0.717) is 0 Å². The van der Waals surface area contributed by atoms with Gasteiger partial charge in [0.25, 0.3) is 0 Å². The van der Waals surface area contributed by atoms with E-state index in [1.165, 1.54) is 0 Å². The molecule has 0 aliphatic rings. The molecule has 2 unspecified atom stereocenters. The fourth-order valence-electron chi connectivity index (χ4n) is 0.349. The summed E-state index contributed by atoms with van der Waals surface area (Å²) < 4.78 is 0. The van der Waals surface area contributed by atoms with E-state index < -0.39 is 12.5 Å². The average molecular weight is 145 g/mol. The first-order valence-electron chi connectivity index (χ1n) is 2.25. The van der Waals surface area contributed by atoms with Crippen LogP contribution in [0.2, 0.25) is 0 Å². The number of nitrogens with one attached hydrogen (secondary N) is 1. The maximum absolute atomic E-state index is 8.45. The minimum atomic E-state index is -0.625. The van der Waals surface area contributed by atoms with Crippen molar-refractivity contribution in [2.24, 2.45) is 0 Å². The van der Waals surface area contributed by atoms with Crippen molar-refractivity contribution in [1.82, 2.24) is 5.32 Å². The molecule has 0 radical (unpaired) electrons. The Morgan fingerprint density at radius 3 is 1.50 bits per heavy atom. The molecule has 0 aromatic carbocycles. The summed E-state index contributed by atoms with van der Waals surface area (Å²) in [5.74, 6) is 0. The molecule has 3 nitrogen and oxygen atoms in total. The fourth-order valence-corrected chi connectivity index (χ4v) is 0.349. The van der Waals surface area contributed by atoms with E-state index in [0.717, 1.165) is 0 Å². The Labute approximate surface area is 93.4 Å². The summed E-state index contributed by atoms with van der Waals surface area (Å²) in [6.07, 6.45) is -1.25. The minimum Gasteiger partial charge on any atom is -1.00 e. The molecule has 0 aliphatic heterocycles. The Kier molecular flexibility index (Phi) is 10.1. The van der Waals surface area contributed by atoms with Gasteiger partial charge in [0.05, 0.1) is 0 Å². The molecule has 0 saturated heterocycles. The Morgan fingerprint density at radius 1 is 1.25 bits per heavy atom. The van der Waals surface area contributed by atoms with Crippen LogP contribution in [-0.4, -0.2) is 22.7 Å². The first-order chi connectivity index (χ1) is 3.13. The molecule has 46 valence electrons. The van der Waals surface area contributed by atoms with Gasteiger partial charge in [-0.1, -0.05) is 0 Å².